The van der Waals surface area contributed by atoms with Crippen molar-refractivity contribution in [1.29, 1.82) is 0 Å². The lowest BCUT2D eigenvalue weighted by molar-refractivity contribution is -0.141. The van der Waals surface area contributed by atoms with Gasteiger partial charge in [-0.05, 0) is 31.0 Å². The lowest BCUT2D eigenvalue weighted by Gasteiger charge is -2.20. The first-order valence-electron chi connectivity index (χ1n) is 11.5. The number of H-pyrrole nitrogens is 1. The van der Waals surface area contributed by atoms with Gasteiger partial charge in [-0.1, -0.05) is 24.6 Å². The molecule has 11 N–H and O–H groups in total. The van der Waals surface area contributed by atoms with Crippen LogP contribution in [0.3, 0.4) is 0 Å². The fraction of sp³-hybridized carbons (Fsp3) is 0.435. The van der Waals surface area contributed by atoms with Crippen LogP contribution in [0.2, 0.25) is 0 Å². The van der Waals surface area contributed by atoms with E-state index in [0.29, 0.717) is 31.4 Å². The number of carbonyl (C=O) groups excluding carboxylic acids is 4. The lowest BCUT2D eigenvalue weighted by atomic mass is 10.0. The van der Waals surface area contributed by atoms with Gasteiger partial charge in [-0.15, -0.1) is 0 Å². The van der Waals surface area contributed by atoms with E-state index in [1.54, 1.807) is 6.20 Å². The van der Waals surface area contributed by atoms with Crippen molar-refractivity contribution >= 4 is 40.5 Å². The molecule has 4 amide bonds. The first-order valence-corrected chi connectivity index (χ1v) is 11.5. The Morgan fingerprint density at radius 3 is 2.39 bits per heavy atom. The van der Waals surface area contributed by atoms with E-state index in [1.165, 1.54) is 0 Å². The fourth-order valence-electron chi connectivity index (χ4n) is 3.59. The molecule has 0 fully saturated rings. The van der Waals surface area contributed by atoms with Crippen LogP contribution in [0.1, 0.15) is 31.2 Å². The summed E-state index contributed by atoms with van der Waals surface area (Å²) < 4.78 is 0. The number of nitrogens with two attached hydrogens (primary N) is 3. The summed E-state index contributed by atoms with van der Waals surface area (Å²) in [7, 11) is 0. The molecule has 0 aliphatic rings. The number of primary amides is 1. The highest BCUT2D eigenvalue weighted by Crippen LogP contribution is 2.19. The van der Waals surface area contributed by atoms with Gasteiger partial charge in [0.25, 0.3) is 0 Å². The van der Waals surface area contributed by atoms with E-state index in [4.69, 9.17) is 17.2 Å². The molecule has 0 saturated heterocycles. The number of carboxylic acid groups (broad SMARTS) is 1. The van der Waals surface area contributed by atoms with Crippen molar-refractivity contribution in [3.63, 3.8) is 0 Å². The molecule has 13 nitrogen and oxygen atoms in total. The number of nitrogens with one attached hydrogen (secondary N) is 4. The monoisotopic (exact) mass is 503 g/mol. The molecule has 196 valence electrons. The maximum atomic E-state index is 12.5. The normalized spacial score (nSPS) is 13.4. The van der Waals surface area contributed by atoms with E-state index >= 15 is 0 Å². The standard InChI is InChI=1S/C23H33N7O6/c24-8-4-3-6-15(25)21(33)30-17(10-19(26)31)22(34)28-12-20(32)29-18(23(35)36)9-13-11-27-16-7-2-1-5-14(13)16/h1-2,5,7,11,15,17-18,27H,3-4,6,8-10,12,24-25H2,(H2,26,31)(H,28,34)(H,29,32)(H,30,33)(H,35,36). The Hall–Kier alpha value is -3.97. The van der Waals surface area contributed by atoms with Gasteiger partial charge in [0.05, 0.1) is 19.0 Å². The third-order valence-corrected chi connectivity index (χ3v) is 5.50. The summed E-state index contributed by atoms with van der Waals surface area (Å²) in [5.74, 6) is -4.35. The van der Waals surface area contributed by atoms with E-state index in [-0.39, 0.29) is 6.42 Å². The van der Waals surface area contributed by atoms with Crippen LogP contribution in [0.15, 0.2) is 30.5 Å². The number of hydrogen-bond donors (Lipinski definition) is 8. The molecule has 0 aliphatic heterocycles. The van der Waals surface area contributed by atoms with Crippen LogP contribution in [-0.2, 0) is 30.4 Å². The van der Waals surface area contributed by atoms with Gasteiger partial charge in [0.15, 0.2) is 0 Å². The van der Waals surface area contributed by atoms with Gasteiger partial charge in [0.1, 0.15) is 12.1 Å². The van der Waals surface area contributed by atoms with Crippen LogP contribution in [-0.4, -0.2) is 70.9 Å². The van der Waals surface area contributed by atoms with Gasteiger partial charge in [-0.25, -0.2) is 4.79 Å². The predicted molar refractivity (Wildman–Crippen MR) is 131 cm³/mol. The second-order valence-electron chi connectivity index (χ2n) is 8.36. The second kappa shape index (κ2) is 13.8. The summed E-state index contributed by atoms with van der Waals surface area (Å²) in [6.45, 7) is -0.127. The van der Waals surface area contributed by atoms with E-state index in [1.807, 2.05) is 24.3 Å². The van der Waals surface area contributed by atoms with Crippen molar-refractivity contribution in [2.75, 3.05) is 13.1 Å². The largest absolute Gasteiger partial charge is 0.480 e. The molecule has 2 rings (SSSR count). The highest BCUT2D eigenvalue weighted by Gasteiger charge is 2.27. The molecule has 1 aromatic heterocycles. The zero-order chi connectivity index (χ0) is 26.7. The van der Waals surface area contributed by atoms with Crippen molar-refractivity contribution in [1.82, 2.24) is 20.9 Å². The van der Waals surface area contributed by atoms with Gasteiger partial charge < -0.3 is 43.2 Å². The minimum Gasteiger partial charge on any atom is -0.480 e. The lowest BCUT2D eigenvalue weighted by Crippen LogP contribution is -2.54. The number of aliphatic carboxylic acids is 1. The Morgan fingerprint density at radius 2 is 1.72 bits per heavy atom. The molecule has 3 unspecified atom stereocenters. The van der Waals surface area contributed by atoms with Crippen molar-refractivity contribution in [2.45, 2.75) is 50.2 Å². The molecule has 13 heteroatoms. The number of aromatic amines is 1. The molecule has 2 aromatic rings. The van der Waals surface area contributed by atoms with Crippen LogP contribution < -0.4 is 33.2 Å². The predicted octanol–water partition coefficient (Wildman–Crippen LogP) is -1.79. The molecule has 0 bridgehead atoms. The Labute approximate surface area is 207 Å². The fourth-order valence-corrected chi connectivity index (χ4v) is 3.59. The number of carboxylic acids is 1. The van der Waals surface area contributed by atoms with Crippen LogP contribution >= 0.6 is 0 Å². The molecule has 1 heterocycles. The number of fused-ring (bicyclic) bond motifs is 1. The molecule has 0 radical (unpaired) electrons. The molecular weight excluding hydrogens is 470 g/mol. The summed E-state index contributed by atoms with van der Waals surface area (Å²) >= 11 is 0. The van der Waals surface area contributed by atoms with Crippen molar-refractivity contribution in [3.05, 3.63) is 36.0 Å². The Morgan fingerprint density at radius 1 is 1.00 bits per heavy atom. The zero-order valence-electron chi connectivity index (χ0n) is 19.8. The third-order valence-electron chi connectivity index (χ3n) is 5.50. The molecule has 0 spiro atoms. The van der Waals surface area contributed by atoms with Gasteiger partial charge in [0, 0.05) is 23.5 Å². The molecule has 0 aliphatic carbocycles. The van der Waals surface area contributed by atoms with E-state index in [0.717, 1.165) is 10.9 Å². The summed E-state index contributed by atoms with van der Waals surface area (Å²) in [4.78, 5) is 63.3. The highest BCUT2D eigenvalue weighted by molar-refractivity contribution is 5.95. The minimum absolute atomic E-state index is 0.0153. The second-order valence-corrected chi connectivity index (χ2v) is 8.36. The van der Waals surface area contributed by atoms with Crippen molar-refractivity contribution < 1.29 is 29.1 Å². The number of aromatic nitrogens is 1. The quantitative estimate of drug-likeness (QED) is 0.129. The van der Waals surface area contributed by atoms with Crippen LogP contribution in [0.25, 0.3) is 10.9 Å². The smallest absolute Gasteiger partial charge is 0.326 e. The Bertz CT molecular complexity index is 1090. The van der Waals surface area contributed by atoms with Crippen molar-refractivity contribution in [3.8, 4) is 0 Å². The highest BCUT2D eigenvalue weighted by atomic mass is 16.4. The average molecular weight is 504 g/mol. The van der Waals surface area contributed by atoms with E-state index in [2.05, 4.69) is 20.9 Å². The number of para-hydroxylation sites is 1. The summed E-state index contributed by atoms with van der Waals surface area (Å²) in [5.41, 5.74) is 17.9. The Balaban J connectivity index is 1.93. The molecular formula is C23H33N7O6. The SMILES string of the molecule is NCCCCC(N)C(=O)NC(CC(N)=O)C(=O)NCC(=O)NC(Cc1c[nH]c2ccccc12)C(=O)O. The van der Waals surface area contributed by atoms with E-state index < -0.39 is 60.7 Å². The van der Waals surface area contributed by atoms with Crippen LogP contribution in [0.4, 0.5) is 0 Å². The number of benzene rings is 1. The van der Waals surface area contributed by atoms with Gasteiger partial charge in [0.2, 0.25) is 23.6 Å². The maximum Gasteiger partial charge on any atom is 0.326 e. The van der Waals surface area contributed by atoms with Gasteiger partial charge in [-0.2, -0.15) is 0 Å². The number of carbonyl (C=O) groups is 5. The Kier molecular flexibility index (Phi) is 10.8. The summed E-state index contributed by atoms with van der Waals surface area (Å²) in [6.07, 6.45) is 2.81. The third kappa shape index (κ3) is 8.67. The van der Waals surface area contributed by atoms with Crippen LogP contribution in [0.5, 0.6) is 0 Å². The summed E-state index contributed by atoms with van der Waals surface area (Å²) in [6, 6.07) is 3.83. The average Bonchev–Trinajstić information content (AvgIpc) is 3.24. The topological polar surface area (TPSA) is 236 Å². The number of rotatable bonds is 15. The van der Waals surface area contributed by atoms with E-state index in [9.17, 15) is 29.1 Å². The molecule has 0 saturated carbocycles. The first kappa shape index (κ1) is 28.3. The molecule has 36 heavy (non-hydrogen) atoms. The molecule has 1 aromatic carbocycles. The summed E-state index contributed by atoms with van der Waals surface area (Å²) in [5, 5.41) is 17.4. The zero-order valence-corrected chi connectivity index (χ0v) is 19.8. The first-order chi connectivity index (χ1) is 17.1. The van der Waals surface area contributed by atoms with Crippen molar-refractivity contribution in [2.24, 2.45) is 17.2 Å². The number of amides is 4. The van der Waals surface area contributed by atoms with Gasteiger partial charge in [-0.3, -0.25) is 19.2 Å². The number of hydrogen-bond acceptors (Lipinski definition) is 7. The maximum absolute atomic E-state index is 12.5. The molecule has 3 atom stereocenters. The minimum atomic E-state index is -1.34. The van der Waals surface area contributed by atoms with Crippen LogP contribution in [0, 0.1) is 0 Å². The van der Waals surface area contributed by atoms with Gasteiger partial charge >= 0.3 is 5.97 Å². The number of unbranched alkanes of at least 4 members (excludes halogenated alkanes) is 1.